The maximum absolute atomic E-state index is 11.3. The summed E-state index contributed by atoms with van der Waals surface area (Å²) in [5.41, 5.74) is 0.217. The Kier molecular flexibility index (Phi) is 12.9. The van der Waals surface area contributed by atoms with Gasteiger partial charge in [-0.2, -0.15) is 5.06 Å². The monoisotopic (exact) mass is 441 g/mol. The molecule has 6 nitrogen and oxygen atoms in total. The maximum Gasteiger partial charge on any atom is 0.333 e. The van der Waals surface area contributed by atoms with Gasteiger partial charge in [0.05, 0.1) is 32.5 Å². The van der Waals surface area contributed by atoms with Gasteiger partial charge in [0.1, 0.15) is 6.61 Å². The third-order valence-electron chi connectivity index (χ3n) is 5.66. The SMILES string of the molecule is C=C(C)C(=O)OCCOCCOC1CC(C)(C)N(OCCCCCCCC)C(C)(C)C1. The van der Waals surface area contributed by atoms with E-state index in [9.17, 15) is 4.79 Å². The number of hydrogen-bond acceptors (Lipinski definition) is 6. The van der Waals surface area contributed by atoms with Crippen LogP contribution < -0.4 is 0 Å². The molecule has 1 rings (SSSR count). The van der Waals surface area contributed by atoms with Crippen molar-refractivity contribution in [2.45, 2.75) is 110 Å². The zero-order valence-corrected chi connectivity index (χ0v) is 21.0. The molecule has 182 valence electrons. The highest BCUT2D eigenvalue weighted by Gasteiger charge is 2.46. The molecule has 0 atom stereocenters. The van der Waals surface area contributed by atoms with Crippen molar-refractivity contribution in [1.82, 2.24) is 5.06 Å². The van der Waals surface area contributed by atoms with Crippen molar-refractivity contribution in [3.05, 3.63) is 12.2 Å². The number of carbonyl (C=O) groups excluding carboxylic acids is 1. The predicted octanol–water partition coefficient (Wildman–Crippen LogP) is 5.45. The summed E-state index contributed by atoms with van der Waals surface area (Å²) >= 11 is 0. The van der Waals surface area contributed by atoms with Gasteiger partial charge >= 0.3 is 5.97 Å². The average molecular weight is 442 g/mol. The number of unbranched alkanes of at least 4 members (excludes halogenated alkanes) is 5. The van der Waals surface area contributed by atoms with Crippen LogP contribution in [0.3, 0.4) is 0 Å². The lowest BCUT2D eigenvalue weighted by molar-refractivity contribution is -0.295. The number of hydrogen-bond donors (Lipinski definition) is 0. The highest BCUT2D eigenvalue weighted by molar-refractivity contribution is 5.86. The number of piperidine rings is 1. The molecule has 0 aromatic carbocycles. The Balaban J connectivity index is 2.28. The maximum atomic E-state index is 11.3. The van der Waals surface area contributed by atoms with Crippen molar-refractivity contribution < 1.29 is 23.8 Å². The Morgan fingerprint density at radius 2 is 1.48 bits per heavy atom. The second kappa shape index (κ2) is 14.2. The molecule has 0 bridgehead atoms. The fourth-order valence-corrected chi connectivity index (χ4v) is 4.37. The molecule has 0 radical (unpaired) electrons. The molecular weight excluding hydrogens is 394 g/mol. The van der Waals surface area contributed by atoms with Crippen molar-refractivity contribution in [3.63, 3.8) is 0 Å². The van der Waals surface area contributed by atoms with E-state index in [4.69, 9.17) is 19.0 Å². The molecule has 1 aliphatic heterocycles. The molecule has 6 heteroatoms. The minimum atomic E-state index is -0.380. The van der Waals surface area contributed by atoms with E-state index in [-0.39, 0.29) is 29.8 Å². The number of ether oxygens (including phenoxy) is 3. The second-order valence-electron chi connectivity index (χ2n) is 9.95. The lowest BCUT2D eigenvalue weighted by Gasteiger charge is -2.53. The van der Waals surface area contributed by atoms with E-state index in [0.29, 0.717) is 25.4 Å². The van der Waals surface area contributed by atoms with Crippen LogP contribution in [0.25, 0.3) is 0 Å². The van der Waals surface area contributed by atoms with E-state index >= 15 is 0 Å². The van der Waals surface area contributed by atoms with Gasteiger partial charge in [-0.15, -0.1) is 0 Å². The van der Waals surface area contributed by atoms with Crippen LogP contribution in [0.15, 0.2) is 12.2 Å². The number of carbonyl (C=O) groups is 1. The van der Waals surface area contributed by atoms with Gasteiger partial charge in [-0.1, -0.05) is 45.6 Å². The molecule has 0 spiro atoms. The van der Waals surface area contributed by atoms with Gasteiger partial charge < -0.3 is 14.2 Å². The topological polar surface area (TPSA) is 57.2 Å². The largest absolute Gasteiger partial charge is 0.460 e. The van der Waals surface area contributed by atoms with Gasteiger partial charge in [0, 0.05) is 16.7 Å². The lowest BCUT2D eigenvalue weighted by atomic mass is 9.80. The number of rotatable bonds is 16. The Morgan fingerprint density at radius 3 is 2.10 bits per heavy atom. The number of nitrogens with zero attached hydrogens (tertiary/aromatic N) is 1. The molecule has 1 aliphatic rings. The van der Waals surface area contributed by atoms with Crippen LogP contribution in [0.2, 0.25) is 0 Å². The Hall–Kier alpha value is -0.950. The van der Waals surface area contributed by atoms with Gasteiger partial charge in [0.25, 0.3) is 0 Å². The molecule has 1 saturated heterocycles. The van der Waals surface area contributed by atoms with Gasteiger partial charge in [-0.25, -0.2) is 4.79 Å². The van der Waals surface area contributed by atoms with Crippen LogP contribution in [0.5, 0.6) is 0 Å². The van der Waals surface area contributed by atoms with Crippen LogP contribution in [0.4, 0.5) is 0 Å². The van der Waals surface area contributed by atoms with Crippen LogP contribution in [-0.2, 0) is 23.8 Å². The number of hydroxylamine groups is 2. The van der Waals surface area contributed by atoms with Crippen molar-refractivity contribution >= 4 is 5.97 Å². The summed E-state index contributed by atoms with van der Waals surface area (Å²) in [6, 6.07) is 0. The number of esters is 1. The van der Waals surface area contributed by atoms with E-state index in [0.717, 1.165) is 25.9 Å². The normalized spacial score (nSPS) is 18.8. The summed E-state index contributed by atoms with van der Waals surface area (Å²) < 4.78 is 16.6. The molecule has 31 heavy (non-hydrogen) atoms. The molecule has 0 aromatic heterocycles. The van der Waals surface area contributed by atoms with Crippen LogP contribution in [0, 0.1) is 0 Å². The summed E-state index contributed by atoms with van der Waals surface area (Å²) in [6.07, 6.45) is 9.63. The summed E-state index contributed by atoms with van der Waals surface area (Å²) in [5.74, 6) is -0.380. The quantitative estimate of drug-likeness (QED) is 0.180. The van der Waals surface area contributed by atoms with Crippen LogP contribution in [-0.4, -0.2) is 61.2 Å². The zero-order valence-electron chi connectivity index (χ0n) is 21.0. The third-order valence-corrected chi connectivity index (χ3v) is 5.66. The van der Waals surface area contributed by atoms with E-state index in [1.807, 2.05) is 0 Å². The van der Waals surface area contributed by atoms with E-state index in [1.165, 1.54) is 32.1 Å². The summed E-state index contributed by atoms with van der Waals surface area (Å²) in [5, 5.41) is 2.21. The Morgan fingerprint density at radius 1 is 0.903 bits per heavy atom. The molecule has 0 aliphatic carbocycles. The average Bonchev–Trinajstić information content (AvgIpc) is 2.67. The fourth-order valence-electron chi connectivity index (χ4n) is 4.37. The van der Waals surface area contributed by atoms with Gasteiger partial charge in [0.2, 0.25) is 0 Å². The Labute approximate surface area is 190 Å². The fraction of sp³-hybridized carbons (Fsp3) is 0.880. The van der Waals surface area contributed by atoms with Crippen LogP contribution >= 0.6 is 0 Å². The summed E-state index contributed by atoms with van der Waals surface area (Å²) in [7, 11) is 0. The smallest absolute Gasteiger partial charge is 0.333 e. The summed E-state index contributed by atoms with van der Waals surface area (Å²) in [6.45, 7) is 18.8. The summed E-state index contributed by atoms with van der Waals surface area (Å²) in [4.78, 5) is 17.6. The Bertz CT molecular complexity index is 514. The zero-order chi connectivity index (χ0) is 23.3. The standard InChI is InChI=1S/C25H47NO5/c1-8-9-10-11-12-13-14-31-26-24(4,5)19-22(20-25(26,6)7)29-17-15-28-16-18-30-23(27)21(2)3/h22H,2,8-20H2,1,3-7H3. The van der Waals surface area contributed by atoms with E-state index in [2.05, 4.69) is 46.3 Å². The van der Waals surface area contributed by atoms with Crippen molar-refractivity contribution in [2.75, 3.05) is 33.0 Å². The predicted molar refractivity (Wildman–Crippen MR) is 125 cm³/mol. The van der Waals surface area contributed by atoms with Crippen molar-refractivity contribution in [3.8, 4) is 0 Å². The highest BCUT2D eigenvalue weighted by atomic mass is 16.7. The molecule has 0 saturated carbocycles. The first-order valence-electron chi connectivity index (χ1n) is 12.1. The van der Waals surface area contributed by atoms with Gasteiger partial charge in [0.15, 0.2) is 0 Å². The van der Waals surface area contributed by atoms with Crippen LogP contribution in [0.1, 0.15) is 92.9 Å². The minimum Gasteiger partial charge on any atom is -0.460 e. The van der Waals surface area contributed by atoms with Gasteiger partial charge in [-0.05, 0) is 53.9 Å². The van der Waals surface area contributed by atoms with E-state index < -0.39 is 0 Å². The molecule has 0 unspecified atom stereocenters. The molecular formula is C25H47NO5. The van der Waals surface area contributed by atoms with Crippen molar-refractivity contribution in [1.29, 1.82) is 0 Å². The van der Waals surface area contributed by atoms with Crippen molar-refractivity contribution in [2.24, 2.45) is 0 Å². The highest BCUT2D eigenvalue weighted by Crippen LogP contribution is 2.39. The molecule has 1 heterocycles. The molecule has 0 aromatic rings. The first-order valence-corrected chi connectivity index (χ1v) is 12.1. The molecule has 0 N–H and O–H groups in total. The molecule has 0 amide bonds. The third kappa shape index (κ3) is 11.0. The van der Waals surface area contributed by atoms with E-state index in [1.54, 1.807) is 6.92 Å². The van der Waals surface area contributed by atoms with Gasteiger partial charge in [-0.3, -0.25) is 4.84 Å². The minimum absolute atomic E-state index is 0.0910. The lowest BCUT2D eigenvalue weighted by Crippen LogP contribution is -2.62. The second-order valence-corrected chi connectivity index (χ2v) is 9.95. The first-order chi connectivity index (χ1) is 14.6. The first kappa shape index (κ1) is 28.1. The molecule has 1 fully saturated rings.